The van der Waals surface area contributed by atoms with Crippen LogP contribution in [0.2, 0.25) is 0 Å². The molecule has 0 radical (unpaired) electrons. The van der Waals surface area contributed by atoms with Gasteiger partial charge in [-0.15, -0.1) is 0 Å². The van der Waals surface area contributed by atoms with Crippen molar-refractivity contribution in [3.8, 4) is 0 Å². The smallest absolute Gasteiger partial charge is 0.227 e. The van der Waals surface area contributed by atoms with Crippen molar-refractivity contribution in [2.75, 3.05) is 5.32 Å². The molecule has 0 heterocycles. The molecule has 0 bridgehead atoms. The molecule has 1 aromatic rings. The van der Waals surface area contributed by atoms with Crippen LogP contribution in [0.1, 0.15) is 44.8 Å². The van der Waals surface area contributed by atoms with Gasteiger partial charge in [-0.1, -0.05) is 25.5 Å². The third-order valence-electron chi connectivity index (χ3n) is 3.83. The van der Waals surface area contributed by atoms with E-state index in [2.05, 4.69) is 12.2 Å². The number of aliphatic hydroxyl groups is 1. The largest absolute Gasteiger partial charge is 0.389 e. The van der Waals surface area contributed by atoms with Gasteiger partial charge < -0.3 is 10.4 Å². The van der Waals surface area contributed by atoms with E-state index in [1.807, 2.05) is 24.3 Å². The second-order valence-corrected chi connectivity index (χ2v) is 5.31. The number of amides is 1. The lowest BCUT2D eigenvalue weighted by Gasteiger charge is -2.16. The Kier molecular flexibility index (Phi) is 4.02. The van der Waals surface area contributed by atoms with E-state index < -0.39 is 6.10 Å². The molecular formula is C15H21NO2. The predicted octanol–water partition coefficient (Wildman–Crippen LogP) is 3.11. The van der Waals surface area contributed by atoms with Crippen LogP contribution in [0.3, 0.4) is 0 Å². The van der Waals surface area contributed by atoms with E-state index in [-0.39, 0.29) is 11.8 Å². The van der Waals surface area contributed by atoms with Crippen LogP contribution in [0, 0.1) is 11.8 Å². The molecule has 1 aliphatic carbocycles. The summed E-state index contributed by atoms with van der Waals surface area (Å²) in [5, 5.41) is 12.5. The van der Waals surface area contributed by atoms with Crippen LogP contribution < -0.4 is 5.32 Å². The quantitative estimate of drug-likeness (QED) is 0.862. The Hall–Kier alpha value is -1.35. The molecule has 1 saturated carbocycles. The molecule has 0 aromatic heterocycles. The minimum Gasteiger partial charge on any atom is -0.389 e. The number of rotatable bonds is 3. The normalized spacial score (nSPS) is 24.8. The standard InChI is InChI=1S/C15H21NO2/c1-10-5-3-8-14(10)15(18)16-13-7-4-6-12(9-13)11(2)17/h4,6-7,9-11,14,17H,3,5,8H2,1-2H3,(H,16,18). The summed E-state index contributed by atoms with van der Waals surface area (Å²) < 4.78 is 0. The Bertz CT molecular complexity index is 428. The van der Waals surface area contributed by atoms with Crippen LogP contribution in [-0.4, -0.2) is 11.0 Å². The van der Waals surface area contributed by atoms with Gasteiger partial charge in [-0.2, -0.15) is 0 Å². The van der Waals surface area contributed by atoms with Gasteiger partial charge in [0, 0.05) is 11.6 Å². The van der Waals surface area contributed by atoms with Gasteiger partial charge >= 0.3 is 0 Å². The molecule has 3 nitrogen and oxygen atoms in total. The Morgan fingerprint density at radius 1 is 1.44 bits per heavy atom. The monoisotopic (exact) mass is 247 g/mol. The van der Waals surface area contributed by atoms with E-state index in [0.717, 1.165) is 30.5 Å². The highest BCUT2D eigenvalue weighted by molar-refractivity contribution is 5.92. The fourth-order valence-corrected chi connectivity index (χ4v) is 2.65. The van der Waals surface area contributed by atoms with E-state index in [9.17, 15) is 9.90 Å². The fourth-order valence-electron chi connectivity index (χ4n) is 2.65. The second-order valence-electron chi connectivity index (χ2n) is 5.31. The van der Waals surface area contributed by atoms with E-state index in [1.165, 1.54) is 0 Å². The highest BCUT2D eigenvalue weighted by Crippen LogP contribution is 2.32. The molecule has 1 aliphatic rings. The van der Waals surface area contributed by atoms with Gasteiger partial charge in [-0.3, -0.25) is 4.79 Å². The highest BCUT2D eigenvalue weighted by atomic mass is 16.3. The van der Waals surface area contributed by atoms with Gasteiger partial charge in [0.15, 0.2) is 0 Å². The Morgan fingerprint density at radius 2 is 2.22 bits per heavy atom. The van der Waals surface area contributed by atoms with E-state index in [0.29, 0.717) is 5.92 Å². The van der Waals surface area contributed by atoms with Gasteiger partial charge in [0.05, 0.1) is 6.10 Å². The summed E-state index contributed by atoms with van der Waals surface area (Å²) in [6.45, 7) is 3.86. The molecule has 3 unspecified atom stereocenters. The first-order chi connectivity index (χ1) is 8.58. The van der Waals surface area contributed by atoms with Crippen LogP contribution in [0.15, 0.2) is 24.3 Å². The zero-order chi connectivity index (χ0) is 13.1. The SMILES string of the molecule is CC(O)c1cccc(NC(=O)C2CCCC2C)c1. The lowest BCUT2D eigenvalue weighted by Crippen LogP contribution is -2.24. The molecule has 98 valence electrons. The summed E-state index contributed by atoms with van der Waals surface area (Å²) >= 11 is 0. The van der Waals surface area contributed by atoms with E-state index in [4.69, 9.17) is 0 Å². The number of carbonyl (C=O) groups excluding carboxylic acids is 1. The van der Waals surface area contributed by atoms with E-state index >= 15 is 0 Å². The number of anilines is 1. The summed E-state index contributed by atoms with van der Waals surface area (Å²) in [4.78, 5) is 12.1. The minimum atomic E-state index is -0.507. The second kappa shape index (κ2) is 5.53. The van der Waals surface area contributed by atoms with E-state index in [1.54, 1.807) is 6.92 Å². The van der Waals surface area contributed by atoms with Crippen LogP contribution in [0.25, 0.3) is 0 Å². The molecule has 3 atom stereocenters. The number of carbonyl (C=O) groups is 1. The Balaban J connectivity index is 2.04. The van der Waals surface area contributed by atoms with Crippen molar-refractivity contribution in [3.05, 3.63) is 29.8 Å². The molecule has 3 heteroatoms. The maximum atomic E-state index is 12.1. The molecule has 2 N–H and O–H groups in total. The van der Waals surface area contributed by atoms with Gasteiger partial charge in [-0.05, 0) is 43.4 Å². The first-order valence-corrected chi connectivity index (χ1v) is 6.67. The molecule has 1 fully saturated rings. The Labute approximate surface area is 108 Å². The van der Waals surface area contributed by atoms with Gasteiger partial charge in [0.2, 0.25) is 5.91 Å². The number of aliphatic hydroxyl groups excluding tert-OH is 1. The third kappa shape index (κ3) is 2.91. The molecule has 0 aliphatic heterocycles. The number of hydrogen-bond acceptors (Lipinski definition) is 2. The molecule has 1 amide bonds. The van der Waals surface area contributed by atoms with Crippen LogP contribution in [0.5, 0.6) is 0 Å². The molecule has 0 saturated heterocycles. The van der Waals surface area contributed by atoms with Crippen LogP contribution in [0.4, 0.5) is 5.69 Å². The van der Waals surface area contributed by atoms with Crippen molar-refractivity contribution in [3.63, 3.8) is 0 Å². The summed E-state index contributed by atoms with van der Waals surface area (Å²) in [5.41, 5.74) is 1.60. The Morgan fingerprint density at radius 3 is 2.83 bits per heavy atom. The summed E-state index contributed by atoms with van der Waals surface area (Å²) in [7, 11) is 0. The van der Waals surface area contributed by atoms with Gasteiger partial charge in [0.25, 0.3) is 0 Å². The first kappa shape index (κ1) is 13.1. The van der Waals surface area contributed by atoms with Crippen LogP contribution in [-0.2, 0) is 4.79 Å². The van der Waals surface area contributed by atoms with Crippen molar-refractivity contribution >= 4 is 11.6 Å². The lowest BCUT2D eigenvalue weighted by atomic mass is 9.97. The fraction of sp³-hybridized carbons (Fsp3) is 0.533. The van der Waals surface area contributed by atoms with Crippen molar-refractivity contribution in [2.24, 2.45) is 11.8 Å². The molecule has 2 rings (SSSR count). The number of nitrogens with one attached hydrogen (secondary N) is 1. The molecule has 0 spiro atoms. The molecule has 18 heavy (non-hydrogen) atoms. The summed E-state index contributed by atoms with van der Waals surface area (Å²) in [6, 6.07) is 7.42. The molecule has 1 aromatic carbocycles. The molecular weight excluding hydrogens is 226 g/mol. The summed E-state index contributed by atoms with van der Waals surface area (Å²) in [6.07, 6.45) is 2.77. The van der Waals surface area contributed by atoms with Crippen molar-refractivity contribution in [1.82, 2.24) is 0 Å². The maximum absolute atomic E-state index is 12.1. The number of benzene rings is 1. The zero-order valence-corrected chi connectivity index (χ0v) is 11.0. The minimum absolute atomic E-state index is 0.114. The zero-order valence-electron chi connectivity index (χ0n) is 11.0. The lowest BCUT2D eigenvalue weighted by molar-refractivity contribution is -0.120. The predicted molar refractivity (Wildman–Crippen MR) is 72.2 cm³/mol. The van der Waals surface area contributed by atoms with Crippen molar-refractivity contribution < 1.29 is 9.90 Å². The topological polar surface area (TPSA) is 49.3 Å². The van der Waals surface area contributed by atoms with Crippen molar-refractivity contribution in [2.45, 2.75) is 39.2 Å². The maximum Gasteiger partial charge on any atom is 0.227 e. The van der Waals surface area contributed by atoms with Crippen molar-refractivity contribution in [1.29, 1.82) is 0 Å². The number of hydrogen-bond donors (Lipinski definition) is 2. The first-order valence-electron chi connectivity index (χ1n) is 6.67. The van der Waals surface area contributed by atoms with Crippen LogP contribution >= 0.6 is 0 Å². The average Bonchev–Trinajstić information content (AvgIpc) is 2.76. The average molecular weight is 247 g/mol. The highest BCUT2D eigenvalue weighted by Gasteiger charge is 2.29. The van der Waals surface area contributed by atoms with Gasteiger partial charge in [-0.25, -0.2) is 0 Å². The summed E-state index contributed by atoms with van der Waals surface area (Å²) in [5.74, 6) is 0.730. The van der Waals surface area contributed by atoms with Gasteiger partial charge in [0.1, 0.15) is 0 Å². The third-order valence-corrected chi connectivity index (χ3v) is 3.83.